The highest BCUT2D eigenvalue weighted by Crippen LogP contribution is 2.16. The van der Waals surface area contributed by atoms with Gasteiger partial charge in [0.15, 0.2) is 5.11 Å². The van der Waals surface area contributed by atoms with Crippen LogP contribution >= 0.6 is 12.2 Å². The van der Waals surface area contributed by atoms with E-state index in [9.17, 15) is 4.79 Å². The number of hydrogen-bond acceptors (Lipinski definition) is 4. The number of carbonyl (C=O) groups excluding carboxylic acids is 1. The summed E-state index contributed by atoms with van der Waals surface area (Å²) in [6, 6.07) is 7.13. The van der Waals surface area contributed by atoms with Crippen molar-refractivity contribution in [3.05, 3.63) is 29.8 Å². The highest BCUT2D eigenvalue weighted by atomic mass is 32.1. The quantitative estimate of drug-likeness (QED) is 0.545. The molecule has 4 N–H and O–H groups in total. The number of rotatable bonds is 1. The maximum atomic E-state index is 11.5. The van der Waals surface area contributed by atoms with Crippen LogP contribution < -0.4 is 11.5 Å². The molecular formula is C10H10N4OS. The number of benzene rings is 1. The van der Waals surface area contributed by atoms with Gasteiger partial charge >= 0.3 is 0 Å². The highest BCUT2D eigenvalue weighted by Gasteiger charge is 2.26. The van der Waals surface area contributed by atoms with Crippen LogP contribution in [0.25, 0.3) is 0 Å². The Morgan fingerprint density at radius 3 is 2.50 bits per heavy atom. The number of nitrogen functional groups attached to an aromatic ring is 1. The van der Waals surface area contributed by atoms with Crippen LogP contribution in [0.1, 0.15) is 12.0 Å². The topological polar surface area (TPSA) is 84.7 Å². The largest absolute Gasteiger partial charge is 0.399 e. The monoisotopic (exact) mass is 234 g/mol. The zero-order chi connectivity index (χ0) is 11.7. The molecule has 0 radical (unpaired) electrons. The minimum atomic E-state index is -0.209. The first-order chi connectivity index (χ1) is 7.58. The Labute approximate surface area is 97.7 Å². The molecular weight excluding hydrogens is 224 g/mol. The smallest absolute Gasteiger partial charge is 0.255 e. The van der Waals surface area contributed by atoms with Crippen molar-refractivity contribution in [1.29, 1.82) is 0 Å². The number of anilines is 1. The van der Waals surface area contributed by atoms with E-state index >= 15 is 0 Å². The predicted molar refractivity (Wildman–Crippen MR) is 65.6 cm³/mol. The molecule has 2 rings (SSSR count). The first kappa shape index (κ1) is 10.6. The number of hydrogen-bond donors (Lipinski definition) is 2. The van der Waals surface area contributed by atoms with Gasteiger partial charge in [-0.1, -0.05) is 12.1 Å². The Morgan fingerprint density at radius 2 is 2.00 bits per heavy atom. The molecule has 0 aliphatic carbocycles. The standard InChI is InChI=1S/C10H10N4OS/c11-7-3-1-6(2-4-7)8-5-9(15)14(13-8)10(12)16/h1-4H,5,11H2,(H2,12,16). The third-order valence-electron chi connectivity index (χ3n) is 2.23. The lowest BCUT2D eigenvalue weighted by molar-refractivity contribution is -0.125. The van der Waals surface area contributed by atoms with Crippen LogP contribution in [0.15, 0.2) is 29.4 Å². The minimum absolute atomic E-state index is 0.0320. The van der Waals surface area contributed by atoms with Crippen molar-refractivity contribution in [1.82, 2.24) is 5.01 Å². The van der Waals surface area contributed by atoms with E-state index in [2.05, 4.69) is 5.10 Å². The lowest BCUT2D eigenvalue weighted by Crippen LogP contribution is -2.32. The fourth-order valence-electron chi connectivity index (χ4n) is 1.44. The van der Waals surface area contributed by atoms with Gasteiger partial charge in [-0.15, -0.1) is 0 Å². The van der Waals surface area contributed by atoms with Gasteiger partial charge in [-0.2, -0.15) is 10.1 Å². The summed E-state index contributed by atoms with van der Waals surface area (Å²) in [6.07, 6.45) is 0.210. The second-order valence-corrected chi connectivity index (χ2v) is 3.81. The van der Waals surface area contributed by atoms with Crippen LogP contribution in [0.4, 0.5) is 5.69 Å². The van der Waals surface area contributed by atoms with E-state index in [4.69, 9.17) is 23.7 Å². The van der Waals surface area contributed by atoms with E-state index in [1.807, 2.05) is 12.1 Å². The van der Waals surface area contributed by atoms with Crippen LogP contribution in [-0.2, 0) is 4.79 Å². The number of thiocarbonyl (C=S) groups is 1. The van der Waals surface area contributed by atoms with Crippen molar-refractivity contribution in [2.75, 3.05) is 5.73 Å². The van der Waals surface area contributed by atoms with Gasteiger partial charge in [0.25, 0.3) is 5.91 Å². The summed E-state index contributed by atoms with van der Waals surface area (Å²) in [5.41, 5.74) is 13.1. The Balaban J connectivity index is 2.30. The predicted octanol–water partition coefficient (Wildman–Crippen LogP) is 0.449. The summed E-state index contributed by atoms with van der Waals surface area (Å²) in [5.74, 6) is -0.209. The van der Waals surface area contributed by atoms with E-state index < -0.39 is 0 Å². The van der Waals surface area contributed by atoms with Crippen molar-refractivity contribution in [2.24, 2.45) is 10.8 Å². The molecule has 1 aliphatic rings. The van der Waals surface area contributed by atoms with Crippen LogP contribution in [0.2, 0.25) is 0 Å². The third-order valence-corrected chi connectivity index (χ3v) is 2.40. The fourth-order valence-corrected chi connectivity index (χ4v) is 1.58. The van der Waals surface area contributed by atoms with Gasteiger partial charge < -0.3 is 11.5 Å². The van der Waals surface area contributed by atoms with Crippen LogP contribution in [0.5, 0.6) is 0 Å². The number of nitrogens with zero attached hydrogens (tertiary/aromatic N) is 2. The number of hydrazone groups is 1. The number of nitrogens with two attached hydrogens (primary N) is 2. The Kier molecular flexibility index (Phi) is 2.57. The second-order valence-electron chi connectivity index (χ2n) is 3.39. The summed E-state index contributed by atoms with van der Waals surface area (Å²) >= 11 is 4.71. The zero-order valence-electron chi connectivity index (χ0n) is 8.38. The van der Waals surface area contributed by atoms with Gasteiger partial charge in [-0.05, 0) is 29.9 Å². The van der Waals surface area contributed by atoms with E-state index in [1.165, 1.54) is 0 Å². The molecule has 82 valence electrons. The van der Waals surface area contributed by atoms with Crippen molar-refractivity contribution < 1.29 is 4.79 Å². The van der Waals surface area contributed by atoms with Crippen molar-refractivity contribution in [2.45, 2.75) is 6.42 Å². The minimum Gasteiger partial charge on any atom is -0.399 e. The van der Waals surface area contributed by atoms with Gasteiger partial charge in [-0.25, -0.2) is 0 Å². The zero-order valence-corrected chi connectivity index (χ0v) is 9.20. The van der Waals surface area contributed by atoms with Crippen molar-refractivity contribution >= 4 is 34.6 Å². The second kappa shape index (κ2) is 3.90. The molecule has 1 aromatic carbocycles. The van der Waals surface area contributed by atoms with Crippen LogP contribution in [-0.4, -0.2) is 21.7 Å². The summed E-state index contributed by atoms with van der Waals surface area (Å²) < 4.78 is 0. The molecule has 0 unspecified atom stereocenters. The molecule has 0 aromatic heterocycles. The maximum Gasteiger partial charge on any atom is 0.255 e. The Hall–Kier alpha value is -1.95. The SMILES string of the molecule is NC(=S)N1N=C(c2ccc(N)cc2)CC1=O. The Bertz CT molecular complexity index is 480. The highest BCUT2D eigenvalue weighted by molar-refractivity contribution is 7.80. The van der Waals surface area contributed by atoms with Crippen LogP contribution in [0, 0.1) is 0 Å². The Morgan fingerprint density at radius 1 is 1.38 bits per heavy atom. The first-order valence-corrected chi connectivity index (χ1v) is 5.04. The van der Waals surface area contributed by atoms with Crippen molar-refractivity contribution in [3.63, 3.8) is 0 Å². The van der Waals surface area contributed by atoms with Gasteiger partial charge in [0, 0.05) is 5.69 Å². The average Bonchev–Trinajstić information content (AvgIpc) is 2.61. The summed E-state index contributed by atoms with van der Waals surface area (Å²) in [5, 5.41) is 5.07. The summed E-state index contributed by atoms with van der Waals surface area (Å²) in [7, 11) is 0. The van der Waals surface area contributed by atoms with E-state index in [1.54, 1.807) is 12.1 Å². The molecule has 16 heavy (non-hydrogen) atoms. The third kappa shape index (κ3) is 1.87. The van der Waals surface area contributed by atoms with Gasteiger partial charge in [0.1, 0.15) is 0 Å². The van der Waals surface area contributed by atoms with Crippen LogP contribution in [0.3, 0.4) is 0 Å². The molecule has 1 aromatic rings. The van der Waals surface area contributed by atoms with E-state index in [0.29, 0.717) is 11.4 Å². The molecule has 0 atom stereocenters. The lowest BCUT2D eigenvalue weighted by atomic mass is 10.1. The summed E-state index contributed by atoms with van der Waals surface area (Å²) in [6.45, 7) is 0. The van der Waals surface area contributed by atoms with Crippen molar-refractivity contribution in [3.8, 4) is 0 Å². The first-order valence-electron chi connectivity index (χ1n) is 4.63. The van der Waals surface area contributed by atoms with E-state index in [0.717, 1.165) is 10.6 Å². The van der Waals surface area contributed by atoms with Gasteiger partial charge in [0.05, 0.1) is 12.1 Å². The molecule has 1 amide bonds. The summed E-state index contributed by atoms with van der Waals surface area (Å²) in [4.78, 5) is 11.5. The molecule has 5 nitrogen and oxygen atoms in total. The molecule has 0 bridgehead atoms. The molecule has 0 saturated carbocycles. The molecule has 0 saturated heterocycles. The number of amides is 1. The molecule has 0 spiro atoms. The average molecular weight is 234 g/mol. The normalized spacial score (nSPS) is 15.1. The molecule has 0 fully saturated rings. The molecule has 6 heteroatoms. The lowest BCUT2D eigenvalue weighted by Gasteiger charge is -2.06. The molecule has 1 aliphatic heterocycles. The van der Waals surface area contributed by atoms with Gasteiger partial charge in [-0.3, -0.25) is 4.79 Å². The fraction of sp³-hybridized carbons (Fsp3) is 0.100. The number of carbonyl (C=O) groups is 1. The van der Waals surface area contributed by atoms with Gasteiger partial charge in [0.2, 0.25) is 0 Å². The molecule has 1 heterocycles. The van der Waals surface area contributed by atoms with E-state index in [-0.39, 0.29) is 17.4 Å². The maximum absolute atomic E-state index is 11.5.